The zero-order valence-corrected chi connectivity index (χ0v) is 10.5. The van der Waals surface area contributed by atoms with Crippen molar-refractivity contribution in [1.29, 1.82) is 0 Å². The van der Waals surface area contributed by atoms with Crippen molar-refractivity contribution in [2.75, 3.05) is 13.2 Å². The van der Waals surface area contributed by atoms with Gasteiger partial charge in [-0.05, 0) is 43.2 Å². The highest BCUT2D eigenvalue weighted by molar-refractivity contribution is 6.21. The zero-order valence-electron chi connectivity index (χ0n) is 9.79. The fraction of sp³-hybridized carbons (Fsp3) is 0.571. The van der Waals surface area contributed by atoms with E-state index < -0.39 is 0 Å². The molecule has 2 atom stereocenters. The van der Waals surface area contributed by atoms with Gasteiger partial charge in [-0.15, -0.1) is 11.6 Å². The summed E-state index contributed by atoms with van der Waals surface area (Å²) >= 11 is 6.48. The van der Waals surface area contributed by atoms with Crippen LogP contribution in [-0.4, -0.2) is 13.2 Å². The van der Waals surface area contributed by atoms with E-state index in [4.69, 9.17) is 16.3 Å². The van der Waals surface area contributed by atoms with E-state index in [2.05, 4.69) is 24.3 Å². The van der Waals surface area contributed by atoms with E-state index in [0.717, 1.165) is 26.1 Å². The van der Waals surface area contributed by atoms with Gasteiger partial charge in [-0.2, -0.15) is 0 Å². The standard InChI is InChI=1S/C14H19ClO/c1-2-16-9-5-7-12-10-11-6-3-4-8-13(11)14(12)15/h3-4,6,8,12,14H,2,5,7,9-10H2,1H3. The normalized spacial score (nSPS) is 23.4. The summed E-state index contributed by atoms with van der Waals surface area (Å²) in [5, 5.41) is 0.206. The van der Waals surface area contributed by atoms with Gasteiger partial charge in [0, 0.05) is 13.2 Å². The third-order valence-electron chi connectivity index (χ3n) is 3.32. The lowest BCUT2D eigenvalue weighted by atomic mass is 10.00. The molecule has 0 aromatic heterocycles. The maximum Gasteiger partial charge on any atom is 0.0619 e. The highest BCUT2D eigenvalue weighted by atomic mass is 35.5. The van der Waals surface area contributed by atoms with E-state index in [1.165, 1.54) is 17.5 Å². The van der Waals surface area contributed by atoms with Crippen molar-refractivity contribution in [2.45, 2.75) is 31.6 Å². The van der Waals surface area contributed by atoms with Gasteiger partial charge >= 0.3 is 0 Å². The molecule has 0 saturated heterocycles. The lowest BCUT2D eigenvalue weighted by Gasteiger charge is -2.13. The van der Waals surface area contributed by atoms with Crippen LogP contribution in [0.1, 0.15) is 36.3 Å². The SMILES string of the molecule is CCOCCCC1Cc2ccccc2C1Cl. The van der Waals surface area contributed by atoms with Crippen LogP contribution in [0, 0.1) is 5.92 Å². The van der Waals surface area contributed by atoms with Crippen LogP contribution < -0.4 is 0 Å². The number of benzene rings is 1. The largest absolute Gasteiger partial charge is 0.382 e. The minimum atomic E-state index is 0.206. The van der Waals surface area contributed by atoms with Crippen molar-refractivity contribution in [2.24, 2.45) is 5.92 Å². The first-order chi connectivity index (χ1) is 7.83. The molecule has 0 bridgehead atoms. The molecule has 0 heterocycles. The fourth-order valence-electron chi connectivity index (χ4n) is 2.47. The molecule has 0 saturated carbocycles. The Labute approximate surface area is 103 Å². The van der Waals surface area contributed by atoms with Crippen LogP contribution in [-0.2, 0) is 11.2 Å². The molecular weight excluding hydrogens is 220 g/mol. The lowest BCUT2D eigenvalue weighted by Crippen LogP contribution is -2.05. The molecule has 0 aliphatic heterocycles. The van der Waals surface area contributed by atoms with Crippen LogP contribution >= 0.6 is 11.6 Å². The summed E-state index contributed by atoms with van der Waals surface area (Å²) in [6.07, 6.45) is 3.43. The first-order valence-corrected chi connectivity index (χ1v) is 6.56. The molecule has 88 valence electrons. The second-order valence-corrected chi connectivity index (χ2v) is 4.87. The van der Waals surface area contributed by atoms with Crippen LogP contribution in [0.2, 0.25) is 0 Å². The van der Waals surface area contributed by atoms with Crippen LogP contribution in [0.15, 0.2) is 24.3 Å². The minimum absolute atomic E-state index is 0.206. The molecule has 2 heteroatoms. The maximum absolute atomic E-state index is 6.48. The summed E-state index contributed by atoms with van der Waals surface area (Å²) in [5.74, 6) is 0.597. The summed E-state index contributed by atoms with van der Waals surface area (Å²) in [6, 6.07) is 8.55. The number of fused-ring (bicyclic) bond motifs is 1. The molecular formula is C14H19ClO. The van der Waals surface area contributed by atoms with E-state index >= 15 is 0 Å². The summed E-state index contributed by atoms with van der Waals surface area (Å²) in [6.45, 7) is 3.72. The Kier molecular flexibility index (Phi) is 4.25. The Morgan fingerprint density at radius 2 is 2.19 bits per heavy atom. The molecule has 0 spiro atoms. The van der Waals surface area contributed by atoms with Crippen LogP contribution in [0.25, 0.3) is 0 Å². The van der Waals surface area contributed by atoms with Crippen LogP contribution in [0.4, 0.5) is 0 Å². The lowest BCUT2D eigenvalue weighted by molar-refractivity contribution is 0.139. The minimum Gasteiger partial charge on any atom is -0.382 e. The molecule has 1 aliphatic carbocycles. The Hall–Kier alpha value is -0.530. The van der Waals surface area contributed by atoms with Crippen molar-refractivity contribution in [1.82, 2.24) is 0 Å². The van der Waals surface area contributed by atoms with Gasteiger partial charge in [0.2, 0.25) is 0 Å². The monoisotopic (exact) mass is 238 g/mol. The van der Waals surface area contributed by atoms with Crippen molar-refractivity contribution in [3.63, 3.8) is 0 Å². The number of halogens is 1. The highest BCUT2D eigenvalue weighted by Gasteiger charge is 2.29. The van der Waals surface area contributed by atoms with Crippen molar-refractivity contribution >= 4 is 11.6 Å². The molecule has 0 fully saturated rings. The quantitative estimate of drug-likeness (QED) is 0.558. The maximum atomic E-state index is 6.48. The molecule has 0 N–H and O–H groups in total. The molecule has 1 aliphatic rings. The Morgan fingerprint density at radius 3 is 2.94 bits per heavy atom. The molecule has 2 rings (SSSR count). The third kappa shape index (κ3) is 2.58. The van der Waals surface area contributed by atoms with Crippen LogP contribution in [0.3, 0.4) is 0 Å². The van der Waals surface area contributed by atoms with E-state index in [1.807, 2.05) is 6.92 Å². The zero-order chi connectivity index (χ0) is 11.4. The summed E-state index contributed by atoms with van der Waals surface area (Å²) < 4.78 is 5.36. The molecule has 1 nitrogen and oxygen atoms in total. The Bertz CT molecular complexity index is 337. The highest BCUT2D eigenvalue weighted by Crippen LogP contribution is 2.42. The molecule has 0 radical (unpaired) electrons. The number of ether oxygens (including phenoxy) is 1. The van der Waals surface area contributed by atoms with E-state index in [0.29, 0.717) is 5.92 Å². The van der Waals surface area contributed by atoms with Gasteiger partial charge in [0.1, 0.15) is 0 Å². The molecule has 0 amide bonds. The molecule has 16 heavy (non-hydrogen) atoms. The fourth-order valence-corrected chi connectivity index (χ4v) is 2.90. The van der Waals surface area contributed by atoms with Crippen molar-refractivity contribution in [3.8, 4) is 0 Å². The van der Waals surface area contributed by atoms with Gasteiger partial charge in [-0.3, -0.25) is 0 Å². The van der Waals surface area contributed by atoms with E-state index in [-0.39, 0.29) is 5.38 Å². The summed E-state index contributed by atoms with van der Waals surface area (Å²) in [7, 11) is 0. The van der Waals surface area contributed by atoms with Gasteiger partial charge < -0.3 is 4.74 Å². The van der Waals surface area contributed by atoms with Gasteiger partial charge in [-0.1, -0.05) is 24.3 Å². The first-order valence-electron chi connectivity index (χ1n) is 6.12. The van der Waals surface area contributed by atoms with Gasteiger partial charge in [0.05, 0.1) is 5.38 Å². The first kappa shape index (κ1) is 11.9. The number of rotatable bonds is 5. The number of hydrogen-bond acceptors (Lipinski definition) is 1. The summed E-state index contributed by atoms with van der Waals surface area (Å²) in [4.78, 5) is 0. The molecule has 1 aromatic rings. The van der Waals surface area contributed by atoms with Crippen molar-refractivity contribution < 1.29 is 4.74 Å². The van der Waals surface area contributed by atoms with Gasteiger partial charge in [-0.25, -0.2) is 0 Å². The second kappa shape index (κ2) is 5.70. The predicted octanol–water partition coefficient (Wildman–Crippen LogP) is 3.96. The topological polar surface area (TPSA) is 9.23 Å². The predicted molar refractivity (Wildman–Crippen MR) is 68.0 cm³/mol. The average molecular weight is 239 g/mol. The number of alkyl halides is 1. The average Bonchev–Trinajstić information content (AvgIpc) is 2.63. The van der Waals surface area contributed by atoms with Crippen molar-refractivity contribution in [3.05, 3.63) is 35.4 Å². The molecule has 2 unspecified atom stereocenters. The third-order valence-corrected chi connectivity index (χ3v) is 3.91. The smallest absolute Gasteiger partial charge is 0.0619 e. The number of hydrogen-bond donors (Lipinski definition) is 0. The van der Waals surface area contributed by atoms with Gasteiger partial charge in [0.25, 0.3) is 0 Å². The Balaban J connectivity index is 1.87. The second-order valence-electron chi connectivity index (χ2n) is 4.40. The van der Waals surface area contributed by atoms with Crippen LogP contribution in [0.5, 0.6) is 0 Å². The molecule has 1 aromatic carbocycles. The van der Waals surface area contributed by atoms with E-state index in [9.17, 15) is 0 Å². The van der Waals surface area contributed by atoms with Gasteiger partial charge in [0.15, 0.2) is 0 Å². The van der Waals surface area contributed by atoms with E-state index in [1.54, 1.807) is 0 Å². The summed E-state index contributed by atoms with van der Waals surface area (Å²) in [5.41, 5.74) is 2.77. The Morgan fingerprint density at radius 1 is 1.38 bits per heavy atom.